The number of rotatable bonds is 1. The lowest BCUT2D eigenvalue weighted by atomic mass is 9.95. The molecule has 0 aromatic heterocycles. The zero-order chi connectivity index (χ0) is 11.7. The monoisotopic (exact) mass is 219 g/mol. The van der Waals surface area contributed by atoms with Crippen LogP contribution in [-0.4, -0.2) is 26.5 Å². The molecule has 0 heterocycles. The van der Waals surface area contributed by atoms with Crippen LogP contribution in [0.1, 0.15) is 5.56 Å². The van der Waals surface area contributed by atoms with Gasteiger partial charge in [0.25, 0.3) is 0 Å². The third kappa shape index (κ3) is 1.87. The Morgan fingerprint density at radius 1 is 0.938 bits per heavy atom. The molecule has 4 heteroatoms. The van der Waals surface area contributed by atoms with Crippen LogP contribution in [-0.2, 0) is 0 Å². The lowest BCUT2D eigenvalue weighted by molar-refractivity contribution is 0.235. The summed E-state index contributed by atoms with van der Waals surface area (Å²) in [5, 5.41) is 37.6. The molecule has 0 amide bonds. The van der Waals surface area contributed by atoms with Crippen LogP contribution >= 0.6 is 0 Å². The highest BCUT2D eigenvalue weighted by Gasteiger charge is 2.21. The number of aliphatic hydroxyl groups excluding tert-OH is 3. The average molecular weight is 219 g/mol. The van der Waals surface area contributed by atoms with Crippen LogP contribution in [0, 0.1) is 6.42 Å². The van der Waals surface area contributed by atoms with Gasteiger partial charge in [-0.3, -0.25) is 0 Å². The van der Waals surface area contributed by atoms with E-state index in [0.717, 1.165) is 0 Å². The average Bonchev–Trinajstić information content (AvgIpc) is 2.19. The fourth-order valence-corrected chi connectivity index (χ4v) is 1.59. The number of hydrogen-bond acceptors (Lipinski definition) is 4. The highest BCUT2D eigenvalue weighted by atomic mass is 16.3. The summed E-state index contributed by atoms with van der Waals surface area (Å²) in [6, 6.07) is 6.04. The lowest BCUT2D eigenvalue weighted by Gasteiger charge is -2.17. The molecule has 0 aliphatic heterocycles. The number of aromatic hydroxyl groups is 1. The van der Waals surface area contributed by atoms with Gasteiger partial charge in [0.2, 0.25) is 0 Å². The first kappa shape index (κ1) is 10.6. The van der Waals surface area contributed by atoms with Gasteiger partial charge in [0.1, 0.15) is 17.3 Å². The molecule has 0 saturated carbocycles. The molecule has 0 spiro atoms. The van der Waals surface area contributed by atoms with Crippen molar-refractivity contribution in [3.05, 3.63) is 53.8 Å². The van der Waals surface area contributed by atoms with Gasteiger partial charge in [0.05, 0.1) is 18.1 Å². The molecular formula is C12H11O4. The van der Waals surface area contributed by atoms with Gasteiger partial charge in [-0.1, -0.05) is 12.1 Å². The van der Waals surface area contributed by atoms with Crippen LogP contribution in [0.25, 0.3) is 5.57 Å². The molecular weight excluding hydrogens is 208 g/mol. The van der Waals surface area contributed by atoms with Gasteiger partial charge in [-0.05, 0) is 23.8 Å². The maximum absolute atomic E-state index is 9.63. The molecule has 1 radical (unpaired) electrons. The quantitative estimate of drug-likeness (QED) is 0.579. The summed E-state index contributed by atoms with van der Waals surface area (Å²) < 4.78 is 0. The predicted octanol–water partition coefficient (Wildman–Crippen LogP) is 1.68. The van der Waals surface area contributed by atoms with Crippen LogP contribution in [0.15, 0.2) is 41.9 Å². The molecule has 83 valence electrons. The smallest absolute Gasteiger partial charge is 0.125 e. The summed E-state index contributed by atoms with van der Waals surface area (Å²) in [5.74, 6) is -0.261. The number of hydrogen-bond donors (Lipinski definition) is 4. The van der Waals surface area contributed by atoms with Crippen LogP contribution in [0.5, 0.6) is 5.75 Å². The summed E-state index contributed by atoms with van der Waals surface area (Å²) in [5.41, 5.74) is 0.803. The number of phenols is 1. The van der Waals surface area contributed by atoms with Gasteiger partial charge < -0.3 is 20.4 Å². The molecule has 1 aliphatic carbocycles. The third-order valence-electron chi connectivity index (χ3n) is 2.33. The second kappa shape index (κ2) is 3.90. The van der Waals surface area contributed by atoms with Crippen LogP contribution in [0.4, 0.5) is 0 Å². The Morgan fingerprint density at radius 3 is 2.12 bits per heavy atom. The minimum atomic E-state index is -0.985. The van der Waals surface area contributed by atoms with Gasteiger partial charge in [-0.15, -0.1) is 0 Å². The Morgan fingerprint density at radius 2 is 1.56 bits per heavy atom. The van der Waals surface area contributed by atoms with Crippen molar-refractivity contribution in [2.75, 3.05) is 0 Å². The molecule has 1 aliphatic rings. The van der Waals surface area contributed by atoms with E-state index in [1.807, 2.05) is 0 Å². The Bertz CT molecular complexity index is 456. The van der Waals surface area contributed by atoms with Crippen LogP contribution in [0.3, 0.4) is 0 Å². The van der Waals surface area contributed by atoms with E-state index in [-0.39, 0.29) is 22.8 Å². The number of aliphatic hydroxyl groups is 3. The first-order valence-electron chi connectivity index (χ1n) is 4.74. The largest absolute Gasteiger partial charge is 0.511 e. The van der Waals surface area contributed by atoms with E-state index in [4.69, 9.17) is 5.11 Å². The Labute approximate surface area is 92.4 Å². The van der Waals surface area contributed by atoms with Gasteiger partial charge in [0.15, 0.2) is 0 Å². The van der Waals surface area contributed by atoms with Crippen molar-refractivity contribution in [1.29, 1.82) is 0 Å². The molecule has 4 nitrogen and oxygen atoms in total. The van der Waals surface area contributed by atoms with Crippen molar-refractivity contribution in [2.45, 2.75) is 6.10 Å². The maximum atomic E-state index is 9.63. The first-order chi connectivity index (χ1) is 7.58. The second-order valence-corrected chi connectivity index (χ2v) is 3.52. The summed E-state index contributed by atoms with van der Waals surface area (Å²) in [4.78, 5) is 0. The van der Waals surface area contributed by atoms with Crippen molar-refractivity contribution in [3.8, 4) is 5.75 Å². The van der Waals surface area contributed by atoms with E-state index in [1.54, 1.807) is 12.1 Å². The minimum Gasteiger partial charge on any atom is -0.511 e. The van der Waals surface area contributed by atoms with Gasteiger partial charge in [-0.25, -0.2) is 0 Å². The topological polar surface area (TPSA) is 80.9 Å². The fourth-order valence-electron chi connectivity index (χ4n) is 1.59. The normalized spacial score (nSPS) is 20.8. The van der Waals surface area contributed by atoms with Gasteiger partial charge in [-0.2, -0.15) is 0 Å². The van der Waals surface area contributed by atoms with E-state index in [0.29, 0.717) is 5.56 Å². The SMILES string of the molecule is OC1=CC(O)[CH]C(O)=C1c1ccc(O)cc1. The first-order valence-corrected chi connectivity index (χ1v) is 4.74. The van der Waals surface area contributed by atoms with Crippen molar-refractivity contribution in [1.82, 2.24) is 0 Å². The molecule has 0 saturated heterocycles. The van der Waals surface area contributed by atoms with Crippen molar-refractivity contribution < 1.29 is 20.4 Å². The second-order valence-electron chi connectivity index (χ2n) is 3.52. The molecule has 2 rings (SSSR count). The highest BCUT2D eigenvalue weighted by molar-refractivity contribution is 5.81. The minimum absolute atomic E-state index is 0.104. The fraction of sp³-hybridized carbons (Fsp3) is 0.0833. The summed E-state index contributed by atoms with van der Waals surface area (Å²) >= 11 is 0. The van der Waals surface area contributed by atoms with Gasteiger partial charge in [0, 0.05) is 0 Å². The number of benzene rings is 1. The van der Waals surface area contributed by atoms with E-state index < -0.39 is 6.10 Å². The Kier molecular flexibility index (Phi) is 2.58. The molecule has 4 N–H and O–H groups in total. The van der Waals surface area contributed by atoms with Crippen molar-refractivity contribution in [2.24, 2.45) is 0 Å². The number of phenolic OH excluding ortho intramolecular Hbond substituents is 1. The van der Waals surface area contributed by atoms with Gasteiger partial charge >= 0.3 is 0 Å². The highest BCUT2D eigenvalue weighted by Crippen LogP contribution is 2.30. The summed E-state index contributed by atoms with van der Waals surface area (Å²) in [6.07, 6.45) is 1.46. The zero-order valence-corrected chi connectivity index (χ0v) is 8.33. The summed E-state index contributed by atoms with van der Waals surface area (Å²) in [7, 11) is 0. The van der Waals surface area contributed by atoms with Crippen molar-refractivity contribution >= 4 is 5.57 Å². The zero-order valence-electron chi connectivity index (χ0n) is 8.33. The molecule has 1 unspecified atom stereocenters. The predicted molar refractivity (Wildman–Crippen MR) is 58.7 cm³/mol. The third-order valence-corrected chi connectivity index (χ3v) is 2.33. The summed E-state index contributed by atoms with van der Waals surface area (Å²) in [6.45, 7) is 0. The molecule has 16 heavy (non-hydrogen) atoms. The van der Waals surface area contributed by atoms with E-state index >= 15 is 0 Å². The Hall–Kier alpha value is -1.94. The lowest BCUT2D eigenvalue weighted by Crippen LogP contribution is -2.13. The maximum Gasteiger partial charge on any atom is 0.125 e. The van der Waals surface area contributed by atoms with E-state index in [9.17, 15) is 15.3 Å². The van der Waals surface area contributed by atoms with E-state index in [1.165, 1.54) is 24.6 Å². The van der Waals surface area contributed by atoms with Crippen LogP contribution in [0.2, 0.25) is 0 Å². The molecule has 1 atom stereocenters. The molecule has 0 fully saturated rings. The van der Waals surface area contributed by atoms with Crippen molar-refractivity contribution in [3.63, 3.8) is 0 Å². The molecule has 0 bridgehead atoms. The van der Waals surface area contributed by atoms with Crippen LogP contribution < -0.4 is 0 Å². The standard InChI is InChI=1S/C12H11O4/c13-8-3-1-7(2-4-8)12-10(15)5-9(14)6-11(12)16/h1-6,9,13-16H. The Balaban J connectivity index is 2.44. The molecule has 1 aromatic carbocycles. The molecule has 1 aromatic rings. The number of allylic oxidation sites excluding steroid dienone is 1. The van der Waals surface area contributed by atoms with E-state index in [2.05, 4.69) is 0 Å².